The molecule has 1 aromatic heterocycles. The molecule has 1 aromatic carbocycles. The number of pyridine rings is 1. The maximum atomic E-state index is 5.78. The number of ether oxygens (including phenoxy) is 2. The second kappa shape index (κ2) is 8.09. The second-order valence-corrected chi connectivity index (χ2v) is 6.04. The van der Waals surface area contributed by atoms with Crippen molar-refractivity contribution in [2.24, 2.45) is 0 Å². The third-order valence-electron chi connectivity index (χ3n) is 3.98. The van der Waals surface area contributed by atoms with Gasteiger partial charge in [0.15, 0.2) is 0 Å². The van der Waals surface area contributed by atoms with E-state index in [-0.39, 0.29) is 6.10 Å². The number of nitrogens with zero attached hydrogens (tertiary/aromatic N) is 1. The van der Waals surface area contributed by atoms with Crippen LogP contribution in [0.2, 0.25) is 0 Å². The van der Waals surface area contributed by atoms with Crippen LogP contribution in [0.25, 0.3) is 0 Å². The zero-order valence-corrected chi connectivity index (χ0v) is 13.6. The van der Waals surface area contributed by atoms with Gasteiger partial charge in [-0.15, -0.1) is 0 Å². The lowest BCUT2D eigenvalue weighted by atomic mass is 10.1. The highest BCUT2D eigenvalue weighted by Crippen LogP contribution is 2.14. The van der Waals surface area contributed by atoms with Gasteiger partial charge in [-0.3, -0.25) is 0 Å². The number of hydrogen-bond donors (Lipinski definition) is 1. The van der Waals surface area contributed by atoms with Gasteiger partial charge in [0, 0.05) is 19.3 Å². The molecule has 1 aliphatic rings. The van der Waals surface area contributed by atoms with E-state index in [0.29, 0.717) is 13.2 Å². The molecule has 1 fully saturated rings. The fraction of sp³-hybridized carbons (Fsp3) is 0.421. The van der Waals surface area contributed by atoms with Crippen molar-refractivity contribution in [3.05, 3.63) is 59.3 Å². The molecule has 2 heterocycles. The van der Waals surface area contributed by atoms with Crippen molar-refractivity contribution in [2.75, 3.05) is 18.5 Å². The molecular weight excluding hydrogens is 288 g/mol. The Bertz CT molecular complexity index is 624. The summed E-state index contributed by atoms with van der Waals surface area (Å²) in [5.41, 5.74) is 3.63. The normalized spacial score (nSPS) is 17.3. The topological polar surface area (TPSA) is 43.4 Å². The summed E-state index contributed by atoms with van der Waals surface area (Å²) < 4.78 is 11.3. The van der Waals surface area contributed by atoms with Crippen molar-refractivity contribution in [1.29, 1.82) is 0 Å². The van der Waals surface area contributed by atoms with Crippen LogP contribution >= 0.6 is 0 Å². The molecule has 4 nitrogen and oxygen atoms in total. The Morgan fingerprint density at radius 3 is 3.00 bits per heavy atom. The van der Waals surface area contributed by atoms with E-state index in [4.69, 9.17) is 9.47 Å². The standard InChI is InChI=1S/C19H24N2O2/c1-15-7-8-20-19(10-15)21-12-16-4-2-5-17(11-16)13-22-14-18-6-3-9-23-18/h2,4-5,7-8,10-11,18H,3,6,9,12-14H2,1H3,(H,20,21). The molecule has 122 valence electrons. The van der Waals surface area contributed by atoms with E-state index in [1.165, 1.54) is 16.7 Å². The number of nitrogens with one attached hydrogen (secondary N) is 1. The van der Waals surface area contributed by atoms with Gasteiger partial charge in [-0.1, -0.05) is 24.3 Å². The molecule has 0 aliphatic carbocycles. The maximum Gasteiger partial charge on any atom is 0.126 e. The molecule has 0 radical (unpaired) electrons. The highest BCUT2D eigenvalue weighted by Gasteiger charge is 2.15. The first kappa shape index (κ1) is 16.0. The van der Waals surface area contributed by atoms with E-state index >= 15 is 0 Å². The average molecular weight is 312 g/mol. The molecule has 0 spiro atoms. The largest absolute Gasteiger partial charge is 0.376 e. The van der Waals surface area contributed by atoms with Crippen molar-refractivity contribution in [1.82, 2.24) is 4.98 Å². The Labute approximate surface area is 137 Å². The lowest BCUT2D eigenvalue weighted by Gasteiger charge is -2.11. The van der Waals surface area contributed by atoms with Crippen LogP contribution in [0.1, 0.15) is 29.5 Å². The zero-order chi connectivity index (χ0) is 15.9. The molecule has 4 heteroatoms. The average Bonchev–Trinajstić information content (AvgIpc) is 3.07. The molecule has 1 unspecified atom stereocenters. The number of anilines is 1. The van der Waals surface area contributed by atoms with Gasteiger partial charge in [-0.25, -0.2) is 4.98 Å². The minimum Gasteiger partial charge on any atom is -0.376 e. The van der Waals surface area contributed by atoms with Gasteiger partial charge in [0.1, 0.15) is 5.82 Å². The number of aryl methyl sites for hydroxylation is 1. The van der Waals surface area contributed by atoms with Crippen molar-refractivity contribution in [2.45, 2.75) is 39.0 Å². The van der Waals surface area contributed by atoms with Crippen LogP contribution in [0, 0.1) is 6.92 Å². The number of benzene rings is 1. The number of aromatic nitrogens is 1. The van der Waals surface area contributed by atoms with E-state index in [9.17, 15) is 0 Å². The fourth-order valence-electron chi connectivity index (χ4n) is 2.74. The quantitative estimate of drug-likeness (QED) is 0.846. The molecule has 1 N–H and O–H groups in total. The Balaban J connectivity index is 1.48. The van der Waals surface area contributed by atoms with E-state index < -0.39 is 0 Å². The number of hydrogen-bond acceptors (Lipinski definition) is 4. The van der Waals surface area contributed by atoms with Crippen LogP contribution in [0.5, 0.6) is 0 Å². The molecule has 0 amide bonds. The molecule has 1 atom stereocenters. The first-order valence-electron chi connectivity index (χ1n) is 8.23. The molecule has 0 saturated carbocycles. The van der Waals surface area contributed by atoms with Gasteiger partial charge in [0.05, 0.1) is 19.3 Å². The molecule has 23 heavy (non-hydrogen) atoms. The molecule has 0 bridgehead atoms. The third kappa shape index (κ3) is 5.05. The van der Waals surface area contributed by atoms with Crippen LogP contribution in [0.3, 0.4) is 0 Å². The summed E-state index contributed by atoms with van der Waals surface area (Å²) >= 11 is 0. The first-order valence-corrected chi connectivity index (χ1v) is 8.23. The van der Waals surface area contributed by atoms with Crippen molar-refractivity contribution >= 4 is 5.82 Å². The molecule has 2 aromatic rings. The summed E-state index contributed by atoms with van der Waals surface area (Å²) in [5, 5.41) is 3.36. The monoisotopic (exact) mass is 312 g/mol. The minimum atomic E-state index is 0.284. The Morgan fingerprint density at radius 2 is 2.17 bits per heavy atom. The van der Waals surface area contributed by atoms with E-state index in [0.717, 1.165) is 31.8 Å². The van der Waals surface area contributed by atoms with E-state index in [2.05, 4.69) is 47.6 Å². The fourth-order valence-corrected chi connectivity index (χ4v) is 2.74. The Morgan fingerprint density at radius 1 is 1.26 bits per heavy atom. The molecule has 1 saturated heterocycles. The van der Waals surface area contributed by atoms with Crippen LogP contribution in [-0.4, -0.2) is 24.3 Å². The Hall–Kier alpha value is -1.91. The summed E-state index contributed by atoms with van der Waals surface area (Å²) in [6, 6.07) is 12.5. The van der Waals surface area contributed by atoms with E-state index in [1.54, 1.807) is 0 Å². The van der Waals surface area contributed by atoms with Crippen molar-refractivity contribution in [3.63, 3.8) is 0 Å². The van der Waals surface area contributed by atoms with Crippen LogP contribution in [0.15, 0.2) is 42.6 Å². The van der Waals surface area contributed by atoms with Crippen molar-refractivity contribution < 1.29 is 9.47 Å². The van der Waals surface area contributed by atoms with Crippen LogP contribution in [-0.2, 0) is 22.6 Å². The highest BCUT2D eigenvalue weighted by atomic mass is 16.5. The van der Waals surface area contributed by atoms with Gasteiger partial charge in [0.25, 0.3) is 0 Å². The van der Waals surface area contributed by atoms with Gasteiger partial charge in [0.2, 0.25) is 0 Å². The first-order chi connectivity index (χ1) is 11.3. The highest BCUT2D eigenvalue weighted by molar-refractivity contribution is 5.38. The van der Waals surface area contributed by atoms with E-state index in [1.807, 2.05) is 12.3 Å². The predicted molar refractivity (Wildman–Crippen MR) is 91.4 cm³/mol. The van der Waals surface area contributed by atoms with Gasteiger partial charge < -0.3 is 14.8 Å². The van der Waals surface area contributed by atoms with Gasteiger partial charge in [-0.05, 0) is 48.6 Å². The molecule has 1 aliphatic heterocycles. The smallest absolute Gasteiger partial charge is 0.126 e. The van der Waals surface area contributed by atoms with Gasteiger partial charge >= 0.3 is 0 Å². The van der Waals surface area contributed by atoms with Crippen molar-refractivity contribution in [3.8, 4) is 0 Å². The van der Waals surface area contributed by atoms with Crippen LogP contribution < -0.4 is 5.32 Å². The minimum absolute atomic E-state index is 0.284. The summed E-state index contributed by atoms with van der Waals surface area (Å²) in [6.07, 6.45) is 4.38. The molecular formula is C19H24N2O2. The van der Waals surface area contributed by atoms with Gasteiger partial charge in [-0.2, -0.15) is 0 Å². The summed E-state index contributed by atoms with van der Waals surface area (Å²) in [6.45, 7) is 5.03. The number of rotatable bonds is 7. The lowest BCUT2D eigenvalue weighted by molar-refractivity contribution is 0.0106. The summed E-state index contributed by atoms with van der Waals surface area (Å²) in [5.74, 6) is 0.907. The SMILES string of the molecule is Cc1ccnc(NCc2cccc(COCC3CCCO3)c2)c1. The summed E-state index contributed by atoms with van der Waals surface area (Å²) in [4.78, 5) is 4.32. The second-order valence-electron chi connectivity index (χ2n) is 6.04. The summed E-state index contributed by atoms with van der Waals surface area (Å²) in [7, 11) is 0. The Kier molecular flexibility index (Phi) is 5.61. The third-order valence-corrected chi connectivity index (χ3v) is 3.98. The zero-order valence-electron chi connectivity index (χ0n) is 13.6. The lowest BCUT2D eigenvalue weighted by Crippen LogP contribution is -2.13. The maximum absolute atomic E-state index is 5.78. The predicted octanol–water partition coefficient (Wildman–Crippen LogP) is 3.70. The molecule has 3 rings (SSSR count). The van der Waals surface area contributed by atoms with Crippen LogP contribution in [0.4, 0.5) is 5.82 Å².